The van der Waals surface area contributed by atoms with Crippen molar-refractivity contribution in [2.24, 2.45) is 0 Å². The molecule has 2 heterocycles. The fourth-order valence-corrected chi connectivity index (χ4v) is 3.53. The number of nitrogen functional groups attached to an aromatic ring is 1. The molecule has 0 radical (unpaired) electrons. The van der Waals surface area contributed by atoms with E-state index in [1.165, 1.54) is 0 Å². The van der Waals surface area contributed by atoms with Crippen molar-refractivity contribution in [3.05, 3.63) is 77.6 Å². The molecule has 0 saturated carbocycles. The molecule has 3 aromatic rings. The van der Waals surface area contributed by atoms with E-state index < -0.39 is 6.04 Å². The fraction of sp³-hybridized carbons (Fsp3) is 0.261. The average molecular weight is 404 g/mol. The molecule has 30 heavy (non-hydrogen) atoms. The zero-order chi connectivity index (χ0) is 20.9. The molecule has 2 unspecified atom stereocenters. The van der Waals surface area contributed by atoms with E-state index in [4.69, 9.17) is 15.5 Å². The van der Waals surface area contributed by atoms with Crippen molar-refractivity contribution in [3.8, 4) is 11.3 Å². The molecule has 2 atom stereocenters. The van der Waals surface area contributed by atoms with Crippen LogP contribution in [0.4, 0.5) is 5.82 Å². The van der Waals surface area contributed by atoms with Gasteiger partial charge in [-0.1, -0.05) is 42.5 Å². The number of nitrogens with one attached hydrogen (secondary N) is 1. The minimum Gasteiger partial charge on any atom is -0.394 e. The number of aliphatic hydroxyl groups is 1. The van der Waals surface area contributed by atoms with Gasteiger partial charge in [0.1, 0.15) is 11.5 Å². The molecule has 1 fully saturated rings. The SMILES string of the molecule is Nc1ncc(C2CCOC2)nc1-c1ccc(C(=O)NC(CO)c2ccccc2)cc1. The van der Waals surface area contributed by atoms with Gasteiger partial charge in [0.15, 0.2) is 0 Å². The lowest BCUT2D eigenvalue weighted by atomic mass is 10.0. The molecule has 1 amide bonds. The van der Waals surface area contributed by atoms with E-state index in [0.717, 1.165) is 29.8 Å². The van der Waals surface area contributed by atoms with E-state index in [1.807, 2.05) is 30.3 Å². The molecule has 4 rings (SSSR count). The van der Waals surface area contributed by atoms with Crippen LogP contribution in [0.25, 0.3) is 11.3 Å². The maximum Gasteiger partial charge on any atom is 0.251 e. The van der Waals surface area contributed by atoms with E-state index in [9.17, 15) is 9.90 Å². The van der Waals surface area contributed by atoms with Crippen molar-refractivity contribution in [3.63, 3.8) is 0 Å². The topological polar surface area (TPSA) is 110 Å². The van der Waals surface area contributed by atoms with Gasteiger partial charge in [-0.3, -0.25) is 4.79 Å². The molecule has 4 N–H and O–H groups in total. The third-order valence-electron chi connectivity index (χ3n) is 5.28. The van der Waals surface area contributed by atoms with Crippen LogP contribution in [-0.4, -0.2) is 40.8 Å². The van der Waals surface area contributed by atoms with Gasteiger partial charge in [-0.15, -0.1) is 0 Å². The Hall–Kier alpha value is -3.29. The summed E-state index contributed by atoms with van der Waals surface area (Å²) in [6.07, 6.45) is 2.63. The molecule has 1 aliphatic rings. The number of aromatic nitrogens is 2. The summed E-state index contributed by atoms with van der Waals surface area (Å²) < 4.78 is 5.44. The Kier molecular flexibility index (Phi) is 6.02. The Morgan fingerprint density at radius 1 is 1.20 bits per heavy atom. The second-order valence-electron chi connectivity index (χ2n) is 7.29. The van der Waals surface area contributed by atoms with E-state index in [1.54, 1.807) is 30.5 Å². The maximum atomic E-state index is 12.6. The summed E-state index contributed by atoms with van der Waals surface area (Å²) in [5.74, 6) is 0.315. The summed E-state index contributed by atoms with van der Waals surface area (Å²) in [4.78, 5) is 21.6. The van der Waals surface area contributed by atoms with Gasteiger partial charge in [-0.25, -0.2) is 9.97 Å². The number of hydrogen-bond donors (Lipinski definition) is 3. The molecule has 7 heteroatoms. The predicted octanol–water partition coefficient (Wildman–Crippen LogP) is 2.69. The second-order valence-corrected chi connectivity index (χ2v) is 7.29. The Morgan fingerprint density at radius 2 is 1.97 bits per heavy atom. The normalized spacial score (nSPS) is 16.9. The molecule has 0 aliphatic carbocycles. The summed E-state index contributed by atoms with van der Waals surface area (Å²) in [7, 11) is 0. The van der Waals surface area contributed by atoms with E-state index >= 15 is 0 Å². The van der Waals surface area contributed by atoms with Gasteiger partial charge < -0.3 is 20.9 Å². The summed E-state index contributed by atoms with van der Waals surface area (Å²) in [6.45, 7) is 1.19. The van der Waals surface area contributed by atoms with Crippen LogP contribution in [0.15, 0.2) is 60.8 Å². The van der Waals surface area contributed by atoms with E-state index in [2.05, 4.69) is 10.3 Å². The van der Waals surface area contributed by atoms with Crippen molar-refractivity contribution in [1.82, 2.24) is 15.3 Å². The van der Waals surface area contributed by atoms with Crippen LogP contribution in [0, 0.1) is 0 Å². The van der Waals surface area contributed by atoms with Crippen LogP contribution in [0.5, 0.6) is 0 Å². The predicted molar refractivity (Wildman–Crippen MR) is 114 cm³/mol. The van der Waals surface area contributed by atoms with Crippen molar-refractivity contribution >= 4 is 11.7 Å². The number of carbonyl (C=O) groups is 1. The van der Waals surface area contributed by atoms with Crippen molar-refractivity contribution in [2.45, 2.75) is 18.4 Å². The third kappa shape index (κ3) is 4.32. The Morgan fingerprint density at radius 3 is 2.63 bits per heavy atom. The molecule has 154 valence electrons. The summed E-state index contributed by atoms with van der Waals surface area (Å²) in [5, 5.41) is 12.5. The fourth-order valence-electron chi connectivity index (χ4n) is 3.53. The lowest BCUT2D eigenvalue weighted by Crippen LogP contribution is -2.30. The minimum absolute atomic E-state index is 0.183. The van der Waals surface area contributed by atoms with E-state index in [0.29, 0.717) is 23.7 Å². The van der Waals surface area contributed by atoms with Crippen LogP contribution in [0.2, 0.25) is 0 Å². The summed E-state index contributed by atoms with van der Waals surface area (Å²) in [5.41, 5.74) is 9.65. The highest BCUT2D eigenvalue weighted by atomic mass is 16.5. The van der Waals surface area contributed by atoms with Gasteiger partial charge in [0.25, 0.3) is 5.91 Å². The minimum atomic E-state index is -0.467. The molecule has 1 saturated heterocycles. The first-order valence-corrected chi connectivity index (χ1v) is 9.93. The van der Waals surface area contributed by atoms with Gasteiger partial charge in [0, 0.05) is 23.7 Å². The molecule has 7 nitrogen and oxygen atoms in total. The average Bonchev–Trinajstić information content (AvgIpc) is 3.33. The van der Waals surface area contributed by atoms with E-state index in [-0.39, 0.29) is 18.4 Å². The van der Waals surface area contributed by atoms with Crippen LogP contribution in [0.3, 0.4) is 0 Å². The number of ether oxygens (including phenoxy) is 1. The molecule has 0 bridgehead atoms. The Bertz CT molecular complexity index is 1000. The zero-order valence-electron chi connectivity index (χ0n) is 16.5. The monoisotopic (exact) mass is 404 g/mol. The summed E-state index contributed by atoms with van der Waals surface area (Å²) in [6, 6.07) is 16.0. The lowest BCUT2D eigenvalue weighted by molar-refractivity contribution is 0.0916. The number of amides is 1. The zero-order valence-corrected chi connectivity index (χ0v) is 16.5. The van der Waals surface area contributed by atoms with Crippen LogP contribution in [0.1, 0.15) is 40.0 Å². The van der Waals surface area contributed by atoms with Crippen LogP contribution >= 0.6 is 0 Å². The number of nitrogens with two attached hydrogens (primary N) is 1. The number of aliphatic hydroxyl groups excluding tert-OH is 1. The number of anilines is 1. The number of hydrogen-bond acceptors (Lipinski definition) is 6. The number of benzene rings is 2. The molecule has 1 aromatic heterocycles. The highest BCUT2D eigenvalue weighted by Crippen LogP contribution is 2.28. The smallest absolute Gasteiger partial charge is 0.251 e. The lowest BCUT2D eigenvalue weighted by Gasteiger charge is -2.17. The first-order valence-electron chi connectivity index (χ1n) is 9.93. The first kappa shape index (κ1) is 20.0. The van der Waals surface area contributed by atoms with Crippen molar-refractivity contribution < 1.29 is 14.6 Å². The Labute approximate surface area is 174 Å². The number of nitrogens with zero attached hydrogens (tertiary/aromatic N) is 2. The highest BCUT2D eigenvalue weighted by molar-refractivity contribution is 5.95. The first-order chi connectivity index (χ1) is 14.7. The van der Waals surface area contributed by atoms with Crippen molar-refractivity contribution in [1.29, 1.82) is 0 Å². The largest absolute Gasteiger partial charge is 0.394 e. The van der Waals surface area contributed by atoms with Crippen molar-refractivity contribution in [2.75, 3.05) is 25.6 Å². The highest BCUT2D eigenvalue weighted by Gasteiger charge is 2.21. The molecule has 0 spiro atoms. The number of rotatable bonds is 6. The summed E-state index contributed by atoms with van der Waals surface area (Å²) >= 11 is 0. The maximum absolute atomic E-state index is 12.6. The van der Waals surface area contributed by atoms with Gasteiger partial charge in [0.05, 0.1) is 31.1 Å². The Balaban J connectivity index is 1.51. The molecule has 1 aliphatic heterocycles. The van der Waals surface area contributed by atoms with Gasteiger partial charge in [-0.05, 0) is 24.1 Å². The quantitative estimate of drug-likeness (QED) is 0.583. The number of carbonyl (C=O) groups excluding carboxylic acids is 1. The van der Waals surface area contributed by atoms with Crippen LogP contribution in [-0.2, 0) is 4.74 Å². The molecular weight excluding hydrogens is 380 g/mol. The van der Waals surface area contributed by atoms with Gasteiger partial charge in [-0.2, -0.15) is 0 Å². The van der Waals surface area contributed by atoms with Gasteiger partial charge in [0.2, 0.25) is 0 Å². The standard InChI is InChI=1S/C23H24N4O3/c24-22-21(26-19(12-25-22)18-10-11-30-14-18)16-6-8-17(9-7-16)23(29)27-20(13-28)15-4-2-1-3-5-15/h1-9,12,18,20,28H,10-11,13-14H2,(H2,24,25)(H,27,29). The third-order valence-corrected chi connectivity index (χ3v) is 5.28. The second kappa shape index (κ2) is 9.02. The molecule has 2 aromatic carbocycles. The van der Waals surface area contributed by atoms with Crippen LogP contribution < -0.4 is 11.1 Å². The van der Waals surface area contributed by atoms with Gasteiger partial charge >= 0.3 is 0 Å². The molecular formula is C23H24N4O3.